The molecule has 0 bridgehead atoms. The Morgan fingerprint density at radius 3 is 2.68 bits per heavy atom. The number of ether oxygens (including phenoxy) is 1. The summed E-state index contributed by atoms with van der Waals surface area (Å²) in [6, 6.07) is 15.1. The van der Waals surface area contributed by atoms with Gasteiger partial charge in [0.15, 0.2) is 5.82 Å². The molecule has 2 heterocycles. The van der Waals surface area contributed by atoms with Crippen molar-refractivity contribution in [2.45, 2.75) is 25.8 Å². The van der Waals surface area contributed by atoms with Gasteiger partial charge in [-0.3, -0.25) is 6.42 Å². The summed E-state index contributed by atoms with van der Waals surface area (Å²) in [5.41, 5.74) is 2.40. The molecule has 0 saturated carbocycles. The summed E-state index contributed by atoms with van der Waals surface area (Å²) in [6.07, 6.45) is 6.04. The molecule has 0 radical (unpaired) electrons. The minimum Gasteiger partial charge on any atom is -0.551 e. The zero-order valence-electron chi connectivity index (χ0n) is 24.8. The van der Waals surface area contributed by atoms with Gasteiger partial charge in [-0.15, -0.1) is 31.3 Å². The van der Waals surface area contributed by atoms with Crippen molar-refractivity contribution < 1.29 is 28.2 Å². The van der Waals surface area contributed by atoms with Crippen LogP contribution in [0, 0.1) is 26.3 Å². The predicted octanol–water partition coefficient (Wildman–Crippen LogP) is 2.79. The molecular formula is C30H39ClLiN6O2P-2. The standard InChI is InChI=1S/C30H39ClN6O2P.Li/c1-6-37(24-12-15-36(3)16-13-24)14-9-17-39-25-19-22(2)18-23(20-25)33-30-32-21-26(31)29(35-30)34-27-10-7-8-11-28(27)40(4,5)38;/h7-11,18,20-21,24H,1,6,12-17H2,2-5H3,(H2,32,33,34,35);/q-3;+1. The van der Waals surface area contributed by atoms with Crippen LogP contribution in [0.1, 0.15) is 18.4 Å². The van der Waals surface area contributed by atoms with Crippen molar-refractivity contribution in [2.24, 2.45) is 0 Å². The molecule has 0 aliphatic carbocycles. The van der Waals surface area contributed by atoms with Crippen LogP contribution in [0.15, 0.2) is 42.6 Å². The maximum Gasteiger partial charge on any atom is 1.00 e. The average Bonchev–Trinajstić information content (AvgIpc) is 2.91. The summed E-state index contributed by atoms with van der Waals surface area (Å²) >= 11 is 6.40. The molecule has 8 nitrogen and oxygen atoms in total. The third-order valence-electron chi connectivity index (χ3n) is 6.93. The molecule has 2 aromatic carbocycles. The molecule has 0 spiro atoms. The number of benzene rings is 2. The first-order valence-corrected chi connectivity index (χ1v) is 16.5. The second-order valence-electron chi connectivity index (χ2n) is 10.6. The number of nitrogens with zero attached hydrogens (tertiary/aromatic N) is 4. The van der Waals surface area contributed by atoms with E-state index in [1.54, 1.807) is 13.3 Å². The third kappa shape index (κ3) is 9.75. The Morgan fingerprint density at radius 1 is 1.24 bits per heavy atom. The Hall–Kier alpha value is -2.04. The number of para-hydroxylation sites is 1. The number of rotatable bonds is 12. The van der Waals surface area contributed by atoms with Crippen molar-refractivity contribution in [3.63, 3.8) is 0 Å². The molecule has 4 rings (SSSR count). The molecule has 0 atom stereocenters. The maximum atomic E-state index is 12.8. The number of aromatic nitrogens is 2. The Morgan fingerprint density at radius 2 is 1.98 bits per heavy atom. The molecule has 1 aliphatic rings. The topological polar surface area (TPSA) is 82.6 Å². The van der Waals surface area contributed by atoms with Crippen LogP contribution in [0.25, 0.3) is 0 Å². The van der Waals surface area contributed by atoms with Gasteiger partial charge in [-0.05, 0) is 65.0 Å². The van der Waals surface area contributed by atoms with Crippen LogP contribution in [-0.4, -0.2) is 79.0 Å². The molecule has 0 amide bonds. The van der Waals surface area contributed by atoms with Crippen LogP contribution in [0.4, 0.5) is 23.1 Å². The number of aryl methyl sites for hydroxylation is 1. The smallest absolute Gasteiger partial charge is 0.551 e. The molecule has 0 unspecified atom stereocenters. The Labute approximate surface area is 262 Å². The van der Waals surface area contributed by atoms with Crippen molar-refractivity contribution in [1.82, 2.24) is 19.8 Å². The van der Waals surface area contributed by atoms with Gasteiger partial charge in [-0.25, -0.2) is 4.98 Å². The van der Waals surface area contributed by atoms with Crippen molar-refractivity contribution in [3.05, 3.63) is 72.6 Å². The monoisotopic (exact) mass is 588 g/mol. The quantitative estimate of drug-likeness (QED) is 0.145. The van der Waals surface area contributed by atoms with Crippen LogP contribution in [-0.2, 0) is 4.57 Å². The van der Waals surface area contributed by atoms with E-state index in [-0.39, 0.29) is 18.9 Å². The zero-order chi connectivity index (χ0) is 28.7. The molecule has 41 heavy (non-hydrogen) atoms. The number of nitrogens with one attached hydrogen (secondary N) is 2. The summed E-state index contributed by atoms with van der Waals surface area (Å²) in [5, 5.41) is 7.56. The summed E-state index contributed by atoms with van der Waals surface area (Å²) in [6.45, 7) is 13.9. The summed E-state index contributed by atoms with van der Waals surface area (Å²) in [4.78, 5) is 13.7. The largest absolute Gasteiger partial charge is 1.00 e. The number of hydrogen-bond donors (Lipinski definition) is 2. The van der Waals surface area contributed by atoms with Crippen LogP contribution in [0.2, 0.25) is 5.02 Å². The Bertz CT molecular complexity index is 1330. The Kier molecular flexibility index (Phi) is 12.6. The number of hydrogen-bond acceptors (Lipinski definition) is 8. The van der Waals surface area contributed by atoms with Gasteiger partial charge in [0.2, 0.25) is 5.95 Å². The van der Waals surface area contributed by atoms with E-state index in [1.165, 1.54) is 19.0 Å². The van der Waals surface area contributed by atoms with Gasteiger partial charge < -0.3 is 36.7 Å². The number of anilines is 4. The van der Waals surface area contributed by atoms with Gasteiger partial charge in [-0.2, -0.15) is 10.5 Å². The van der Waals surface area contributed by atoms with Gasteiger partial charge in [0.25, 0.3) is 0 Å². The van der Waals surface area contributed by atoms with E-state index in [4.69, 9.17) is 16.3 Å². The normalized spacial score (nSPS) is 14.5. The van der Waals surface area contributed by atoms with Crippen molar-refractivity contribution in [2.75, 3.05) is 63.8 Å². The summed E-state index contributed by atoms with van der Waals surface area (Å²) < 4.78 is 18.8. The maximum absolute atomic E-state index is 12.8. The molecule has 216 valence electrons. The van der Waals surface area contributed by atoms with Crippen LogP contribution in [0.5, 0.6) is 5.75 Å². The molecular weight excluding hydrogens is 550 g/mol. The van der Waals surface area contributed by atoms with E-state index in [2.05, 4.69) is 56.9 Å². The molecule has 1 saturated heterocycles. The van der Waals surface area contributed by atoms with E-state index < -0.39 is 7.14 Å². The molecule has 1 fully saturated rings. The molecule has 1 aromatic heterocycles. The fourth-order valence-electron chi connectivity index (χ4n) is 4.80. The molecule has 1 aliphatic heterocycles. The van der Waals surface area contributed by atoms with Crippen LogP contribution >= 0.6 is 18.7 Å². The van der Waals surface area contributed by atoms with E-state index in [0.717, 1.165) is 42.7 Å². The fraction of sp³-hybridized carbons (Fsp3) is 0.400. The van der Waals surface area contributed by atoms with Crippen LogP contribution in [0.3, 0.4) is 0 Å². The van der Waals surface area contributed by atoms with E-state index in [0.29, 0.717) is 40.9 Å². The van der Waals surface area contributed by atoms with Gasteiger partial charge in [0.1, 0.15) is 12.2 Å². The fourth-order valence-corrected chi connectivity index (χ4v) is 6.10. The number of likely N-dealkylation sites (tertiary alicyclic amines) is 1. The molecule has 11 heteroatoms. The summed E-state index contributed by atoms with van der Waals surface area (Å²) in [7, 11) is -0.327. The first-order chi connectivity index (χ1) is 19.1. The second kappa shape index (κ2) is 15.4. The number of piperidine rings is 1. The van der Waals surface area contributed by atoms with Gasteiger partial charge in [0.05, 0.1) is 11.9 Å². The summed E-state index contributed by atoms with van der Waals surface area (Å²) in [5.74, 6) is 1.43. The van der Waals surface area contributed by atoms with Crippen LogP contribution < -0.4 is 39.5 Å². The third-order valence-corrected chi connectivity index (χ3v) is 8.76. The zero-order valence-corrected chi connectivity index (χ0v) is 26.4. The van der Waals surface area contributed by atoms with Gasteiger partial charge in [-0.1, -0.05) is 36.3 Å². The second-order valence-corrected chi connectivity index (χ2v) is 14.1. The van der Waals surface area contributed by atoms with Crippen molar-refractivity contribution >= 4 is 47.2 Å². The predicted molar refractivity (Wildman–Crippen MR) is 166 cm³/mol. The average molecular weight is 589 g/mol. The minimum atomic E-state index is -2.51. The SMILES string of the molecule is [CH2-]CN(C[CH-]COc1[c-]c(C)cc(Nc2ncc(Cl)c(Nc3ccccc3P(C)(C)=O)n2)c1)C1CCN(C)CC1.[Li+]. The first kappa shape index (κ1) is 33.5. The molecule has 2 N–H and O–H groups in total. The first-order valence-electron chi connectivity index (χ1n) is 13.5. The molecule has 3 aromatic rings. The van der Waals surface area contributed by atoms with Crippen molar-refractivity contribution in [3.8, 4) is 5.75 Å². The number of halogens is 1. The van der Waals surface area contributed by atoms with E-state index >= 15 is 0 Å². The van der Waals surface area contributed by atoms with E-state index in [1.807, 2.05) is 43.3 Å². The van der Waals surface area contributed by atoms with Crippen molar-refractivity contribution in [1.29, 1.82) is 0 Å². The van der Waals surface area contributed by atoms with E-state index in [9.17, 15) is 4.57 Å². The van der Waals surface area contributed by atoms with Gasteiger partial charge in [0, 0.05) is 17.1 Å². The Balaban J connectivity index is 0.00000462. The minimum absolute atomic E-state index is 0. The van der Waals surface area contributed by atoms with Gasteiger partial charge >= 0.3 is 18.9 Å².